The molecule has 0 fully saturated rings. The van der Waals surface area contributed by atoms with Crippen LogP contribution in [-0.2, 0) is 0 Å². The minimum Gasteiger partial charge on any atom is -0.484 e. The Balaban J connectivity index is 1.59. The summed E-state index contributed by atoms with van der Waals surface area (Å²) < 4.78 is 19.4. The van der Waals surface area contributed by atoms with Crippen LogP contribution in [0, 0.1) is 6.92 Å². The third-order valence-corrected chi connectivity index (χ3v) is 5.31. The van der Waals surface area contributed by atoms with Crippen molar-refractivity contribution in [3.8, 4) is 5.75 Å². The number of fused-ring (bicyclic) bond motifs is 2. The molecule has 1 aromatic heterocycles. The van der Waals surface area contributed by atoms with E-state index in [4.69, 9.17) is 16.3 Å². The molecule has 2 atom stereocenters. The van der Waals surface area contributed by atoms with Crippen molar-refractivity contribution >= 4 is 34.1 Å². The molecule has 2 amide bonds. The van der Waals surface area contributed by atoms with Gasteiger partial charge in [-0.05, 0) is 38.1 Å². The van der Waals surface area contributed by atoms with Crippen LogP contribution < -0.4 is 15.4 Å². The van der Waals surface area contributed by atoms with E-state index in [0.717, 1.165) is 22.0 Å². The van der Waals surface area contributed by atoms with E-state index in [1.807, 2.05) is 31.2 Å². The number of carbonyl (C=O) groups is 1. The van der Waals surface area contributed by atoms with Crippen molar-refractivity contribution in [3.05, 3.63) is 64.9 Å². The first-order chi connectivity index (χ1) is 13.9. The fourth-order valence-electron chi connectivity index (χ4n) is 3.64. The Morgan fingerprint density at radius 1 is 1.34 bits per heavy atom. The highest BCUT2D eigenvalue weighted by atomic mass is 35.5. The molecular weight excluding hydrogens is 393 g/mol. The van der Waals surface area contributed by atoms with E-state index in [-0.39, 0.29) is 6.03 Å². The van der Waals surface area contributed by atoms with Crippen molar-refractivity contribution in [2.75, 3.05) is 12.0 Å². The molecule has 2 unspecified atom stereocenters. The van der Waals surface area contributed by atoms with Gasteiger partial charge in [0.05, 0.1) is 11.7 Å². The molecule has 0 saturated carbocycles. The quantitative estimate of drug-likeness (QED) is 0.590. The first-order valence-corrected chi connectivity index (χ1v) is 9.72. The number of halogens is 2. The van der Waals surface area contributed by atoms with Crippen LogP contribution in [0.4, 0.5) is 14.9 Å². The largest absolute Gasteiger partial charge is 0.484 e. The van der Waals surface area contributed by atoms with Gasteiger partial charge in [-0.2, -0.15) is 0 Å². The minimum absolute atomic E-state index is 0.310. The SMILES string of the molecule is Cc1cc2c(NC(=O)NC3CC(C)(CF)Oc4cc(Cl)ccc43)cccc2cn1. The van der Waals surface area contributed by atoms with Gasteiger partial charge in [-0.15, -0.1) is 0 Å². The Morgan fingerprint density at radius 3 is 2.97 bits per heavy atom. The molecule has 0 spiro atoms. The molecular formula is C22H21ClFN3O2. The lowest BCUT2D eigenvalue weighted by Crippen LogP contribution is -2.45. The minimum atomic E-state index is -1.03. The molecule has 2 N–H and O–H groups in total. The van der Waals surface area contributed by atoms with Crippen molar-refractivity contribution < 1.29 is 13.9 Å². The number of urea groups is 1. The molecule has 3 aromatic rings. The zero-order chi connectivity index (χ0) is 20.6. The van der Waals surface area contributed by atoms with E-state index in [0.29, 0.717) is 22.9 Å². The summed E-state index contributed by atoms with van der Waals surface area (Å²) in [7, 11) is 0. The summed E-state index contributed by atoms with van der Waals surface area (Å²) >= 11 is 6.06. The smallest absolute Gasteiger partial charge is 0.319 e. The van der Waals surface area contributed by atoms with Gasteiger partial charge in [0, 0.05) is 39.7 Å². The molecule has 7 heteroatoms. The number of alkyl halides is 1. The van der Waals surface area contributed by atoms with Gasteiger partial charge in [0.1, 0.15) is 18.0 Å². The predicted octanol–water partition coefficient (Wildman–Crippen LogP) is 5.57. The van der Waals surface area contributed by atoms with Crippen LogP contribution in [0.3, 0.4) is 0 Å². The number of aryl methyl sites for hydroxylation is 1. The van der Waals surface area contributed by atoms with Gasteiger partial charge in [0.25, 0.3) is 0 Å². The normalized spacial score (nSPS) is 20.6. The van der Waals surface area contributed by atoms with Gasteiger partial charge in [-0.3, -0.25) is 4.98 Å². The first kappa shape index (κ1) is 19.5. The Kier molecular flexibility index (Phi) is 5.04. The molecule has 150 valence electrons. The van der Waals surface area contributed by atoms with E-state index in [1.54, 1.807) is 31.3 Å². The molecule has 1 aliphatic heterocycles. The third-order valence-electron chi connectivity index (χ3n) is 5.08. The number of hydrogen-bond acceptors (Lipinski definition) is 3. The van der Waals surface area contributed by atoms with Crippen LogP contribution in [0.15, 0.2) is 48.7 Å². The number of aromatic nitrogens is 1. The predicted molar refractivity (Wildman–Crippen MR) is 112 cm³/mol. The Labute approximate surface area is 173 Å². The summed E-state index contributed by atoms with van der Waals surface area (Å²) in [5.74, 6) is 0.487. The Bertz CT molecular complexity index is 1090. The molecule has 5 nitrogen and oxygen atoms in total. The number of anilines is 1. The number of nitrogens with zero attached hydrogens (tertiary/aromatic N) is 1. The number of nitrogens with one attached hydrogen (secondary N) is 2. The maximum atomic E-state index is 13.6. The summed E-state index contributed by atoms with van der Waals surface area (Å²) in [5, 5.41) is 8.20. The number of rotatable bonds is 3. The molecule has 0 aliphatic carbocycles. The molecule has 1 aliphatic rings. The number of ether oxygens (including phenoxy) is 1. The molecule has 0 radical (unpaired) electrons. The molecule has 0 saturated heterocycles. The molecule has 29 heavy (non-hydrogen) atoms. The standard InChI is InChI=1S/C22H21ClFN3O2/c1-13-8-17-14(11-25-13)4-3-5-18(17)26-21(28)27-19-10-22(2,12-24)29-20-9-15(23)6-7-16(19)20/h3-9,11,19H,10,12H2,1-2H3,(H2,26,27,28). The van der Waals surface area contributed by atoms with Gasteiger partial charge >= 0.3 is 6.03 Å². The topological polar surface area (TPSA) is 63.2 Å². The second kappa shape index (κ2) is 7.52. The maximum absolute atomic E-state index is 13.6. The van der Waals surface area contributed by atoms with Crippen LogP contribution in [0.5, 0.6) is 5.75 Å². The number of hydrogen-bond donors (Lipinski definition) is 2. The zero-order valence-corrected chi connectivity index (χ0v) is 16.9. The first-order valence-electron chi connectivity index (χ1n) is 9.34. The molecule has 4 rings (SSSR count). The van der Waals surface area contributed by atoms with Gasteiger partial charge in [-0.25, -0.2) is 9.18 Å². The molecule has 2 heterocycles. The second-order valence-corrected chi connectivity index (χ2v) is 8.01. The van der Waals surface area contributed by atoms with E-state index in [1.165, 1.54) is 0 Å². The van der Waals surface area contributed by atoms with Crippen molar-refractivity contribution in [2.24, 2.45) is 0 Å². The van der Waals surface area contributed by atoms with Crippen molar-refractivity contribution in [1.82, 2.24) is 10.3 Å². The Morgan fingerprint density at radius 2 is 2.17 bits per heavy atom. The molecule has 2 aromatic carbocycles. The summed E-state index contributed by atoms with van der Waals surface area (Å²) in [6.07, 6.45) is 2.09. The average molecular weight is 414 g/mol. The van der Waals surface area contributed by atoms with Gasteiger partial charge in [0.15, 0.2) is 0 Å². The average Bonchev–Trinajstić information content (AvgIpc) is 2.68. The monoisotopic (exact) mass is 413 g/mol. The van der Waals surface area contributed by atoms with Gasteiger partial charge < -0.3 is 15.4 Å². The number of benzene rings is 2. The van der Waals surface area contributed by atoms with Crippen LogP contribution in [-0.4, -0.2) is 23.3 Å². The van der Waals surface area contributed by atoms with Gasteiger partial charge in [0.2, 0.25) is 0 Å². The van der Waals surface area contributed by atoms with E-state index in [2.05, 4.69) is 15.6 Å². The number of pyridine rings is 1. The Hall–Kier alpha value is -2.86. The van der Waals surface area contributed by atoms with Crippen LogP contribution >= 0.6 is 11.6 Å². The maximum Gasteiger partial charge on any atom is 0.319 e. The fraction of sp³-hybridized carbons (Fsp3) is 0.273. The number of carbonyl (C=O) groups excluding carboxylic acids is 1. The lowest BCUT2D eigenvalue weighted by atomic mass is 9.89. The van der Waals surface area contributed by atoms with E-state index < -0.39 is 18.3 Å². The van der Waals surface area contributed by atoms with Crippen LogP contribution in [0.2, 0.25) is 5.02 Å². The fourth-order valence-corrected chi connectivity index (χ4v) is 3.81. The van der Waals surface area contributed by atoms with Crippen molar-refractivity contribution in [1.29, 1.82) is 0 Å². The zero-order valence-electron chi connectivity index (χ0n) is 16.1. The summed E-state index contributed by atoms with van der Waals surface area (Å²) in [5.41, 5.74) is 1.29. The number of amides is 2. The van der Waals surface area contributed by atoms with Gasteiger partial charge in [-0.1, -0.05) is 29.8 Å². The summed E-state index contributed by atoms with van der Waals surface area (Å²) in [6, 6.07) is 12.0. The highest BCUT2D eigenvalue weighted by molar-refractivity contribution is 6.30. The lowest BCUT2D eigenvalue weighted by molar-refractivity contribution is 0.0263. The summed E-state index contributed by atoms with van der Waals surface area (Å²) in [4.78, 5) is 17.1. The second-order valence-electron chi connectivity index (χ2n) is 7.58. The van der Waals surface area contributed by atoms with E-state index in [9.17, 15) is 9.18 Å². The third kappa shape index (κ3) is 3.98. The van der Waals surface area contributed by atoms with Crippen molar-refractivity contribution in [3.63, 3.8) is 0 Å². The van der Waals surface area contributed by atoms with E-state index >= 15 is 0 Å². The highest BCUT2D eigenvalue weighted by Gasteiger charge is 2.38. The van der Waals surface area contributed by atoms with Crippen LogP contribution in [0.25, 0.3) is 10.8 Å². The van der Waals surface area contributed by atoms with Crippen molar-refractivity contribution in [2.45, 2.75) is 31.9 Å². The lowest BCUT2D eigenvalue weighted by Gasteiger charge is -2.38. The highest BCUT2D eigenvalue weighted by Crippen LogP contribution is 2.41. The van der Waals surface area contributed by atoms with Crippen LogP contribution in [0.1, 0.15) is 30.6 Å². The summed E-state index contributed by atoms with van der Waals surface area (Å²) in [6.45, 7) is 2.91. The molecule has 0 bridgehead atoms.